The Morgan fingerprint density at radius 1 is 1.07 bits per heavy atom. The van der Waals surface area contributed by atoms with E-state index < -0.39 is 12.2 Å². The predicted octanol–water partition coefficient (Wildman–Crippen LogP) is 4.82. The fourth-order valence-electron chi connectivity index (χ4n) is 6.36. The minimum Gasteiger partial charge on any atom is -0.495 e. The van der Waals surface area contributed by atoms with Crippen LogP contribution in [0.3, 0.4) is 0 Å². The van der Waals surface area contributed by atoms with E-state index in [0.29, 0.717) is 47.7 Å². The summed E-state index contributed by atoms with van der Waals surface area (Å²) in [5, 5.41) is 13.5. The van der Waals surface area contributed by atoms with Crippen molar-refractivity contribution in [1.82, 2.24) is 19.9 Å². The molecule has 7 rings (SSSR count). The number of carbonyl (C=O) groups is 1. The molecule has 11 heteroatoms. The largest absolute Gasteiger partial charge is 0.495 e. The number of hydrogen-bond donors (Lipinski definition) is 2. The first-order chi connectivity index (χ1) is 21.4. The van der Waals surface area contributed by atoms with Crippen molar-refractivity contribution in [3.8, 4) is 11.6 Å². The standard InChI is InChI=1S/C33H35N5O6/c1-18-34-24-11-8-19(14-28(24)43-18)22-10-13-25-30(22)31(44-21-6-4-5-7-21)37-33(36-25)35-23-12-9-20(15-27(23)41-2)32(40)38-16-26(39)29(17-38)42-3/h8-12,14-15,21,26,29,39H,4-7,13,16-17H2,1-3H3,(H,35,36,37)/t26?,29-/m0/s1. The molecule has 1 saturated carbocycles. The smallest absolute Gasteiger partial charge is 0.254 e. The zero-order valence-electron chi connectivity index (χ0n) is 25.0. The number of ether oxygens (including phenoxy) is 3. The van der Waals surface area contributed by atoms with E-state index >= 15 is 0 Å². The number of fused-ring (bicyclic) bond motifs is 2. The molecule has 0 bridgehead atoms. The number of benzene rings is 2. The number of carbonyl (C=O) groups excluding carboxylic acids is 1. The Balaban J connectivity index is 1.19. The SMILES string of the molecule is COc1cc(C(=O)N2CC(O)[C@@H](OC)C2)ccc1Nc1nc2c(c(OC3CCCC3)n1)C(c1ccc3nc(C)oc3c1)=CC2. The van der Waals surface area contributed by atoms with Crippen LogP contribution in [0, 0.1) is 6.92 Å². The number of nitrogens with one attached hydrogen (secondary N) is 1. The third kappa shape index (κ3) is 5.26. The summed E-state index contributed by atoms with van der Waals surface area (Å²) in [4.78, 5) is 29.0. The first-order valence-electron chi connectivity index (χ1n) is 15.0. The van der Waals surface area contributed by atoms with E-state index in [4.69, 9.17) is 28.6 Å². The van der Waals surface area contributed by atoms with E-state index in [2.05, 4.69) is 16.4 Å². The second-order valence-electron chi connectivity index (χ2n) is 11.5. The van der Waals surface area contributed by atoms with Crippen LogP contribution in [0.25, 0.3) is 16.7 Å². The van der Waals surface area contributed by atoms with Gasteiger partial charge in [0.25, 0.3) is 5.91 Å². The van der Waals surface area contributed by atoms with Gasteiger partial charge in [-0.2, -0.15) is 4.98 Å². The van der Waals surface area contributed by atoms with Gasteiger partial charge in [0, 0.05) is 39.1 Å². The summed E-state index contributed by atoms with van der Waals surface area (Å²) in [5.74, 6) is 1.83. The number of β-amino-alcohol motifs (C(OH)–C–C–N with tert-alkyl or cyclic N) is 1. The second-order valence-corrected chi connectivity index (χ2v) is 11.5. The van der Waals surface area contributed by atoms with Crippen molar-refractivity contribution in [2.24, 2.45) is 0 Å². The van der Waals surface area contributed by atoms with Crippen LogP contribution < -0.4 is 14.8 Å². The number of nitrogens with zero attached hydrogens (tertiary/aromatic N) is 4. The lowest BCUT2D eigenvalue weighted by molar-refractivity contribution is 0.0215. The van der Waals surface area contributed by atoms with E-state index in [1.165, 1.54) is 7.11 Å². The maximum absolute atomic E-state index is 13.2. The van der Waals surface area contributed by atoms with Crippen molar-refractivity contribution in [1.29, 1.82) is 0 Å². The van der Waals surface area contributed by atoms with E-state index in [9.17, 15) is 9.90 Å². The molecule has 1 unspecified atom stereocenters. The molecule has 44 heavy (non-hydrogen) atoms. The van der Waals surface area contributed by atoms with Gasteiger partial charge in [0.15, 0.2) is 11.5 Å². The number of allylic oxidation sites excluding steroid dienone is 1. The fourth-order valence-corrected chi connectivity index (χ4v) is 6.36. The monoisotopic (exact) mass is 597 g/mol. The quantitative estimate of drug-likeness (QED) is 0.291. The Hall–Kier alpha value is -4.48. The Morgan fingerprint density at radius 2 is 1.91 bits per heavy atom. The minimum atomic E-state index is -0.714. The molecule has 228 valence electrons. The number of amides is 1. The highest BCUT2D eigenvalue weighted by molar-refractivity contribution is 5.96. The number of hydrogen-bond acceptors (Lipinski definition) is 10. The number of methoxy groups -OCH3 is 2. The van der Waals surface area contributed by atoms with Gasteiger partial charge in [0.1, 0.15) is 23.5 Å². The summed E-state index contributed by atoms with van der Waals surface area (Å²) in [5.41, 5.74) is 6.39. The van der Waals surface area contributed by atoms with Gasteiger partial charge in [-0.25, -0.2) is 9.97 Å². The van der Waals surface area contributed by atoms with Gasteiger partial charge in [-0.3, -0.25) is 4.79 Å². The van der Waals surface area contributed by atoms with Crippen LogP contribution in [0.5, 0.6) is 11.6 Å². The Labute approximate surface area is 254 Å². The molecule has 0 spiro atoms. The van der Waals surface area contributed by atoms with Crippen LogP contribution in [0.4, 0.5) is 11.6 Å². The van der Waals surface area contributed by atoms with Crippen LogP contribution >= 0.6 is 0 Å². The Morgan fingerprint density at radius 3 is 2.68 bits per heavy atom. The summed E-state index contributed by atoms with van der Waals surface area (Å²) < 4.78 is 23.3. The zero-order chi connectivity index (χ0) is 30.4. The number of rotatable bonds is 8. The molecule has 2 N–H and O–H groups in total. The lowest BCUT2D eigenvalue weighted by Gasteiger charge is -2.19. The van der Waals surface area contributed by atoms with Crippen LogP contribution in [0.1, 0.15) is 58.8 Å². The van der Waals surface area contributed by atoms with Gasteiger partial charge in [-0.15, -0.1) is 0 Å². The molecule has 1 aliphatic heterocycles. The summed E-state index contributed by atoms with van der Waals surface area (Å²) in [6.45, 7) is 2.39. The van der Waals surface area contributed by atoms with E-state index in [1.54, 1.807) is 30.2 Å². The number of aryl methyl sites for hydroxylation is 1. The molecular weight excluding hydrogens is 562 g/mol. The maximum atomic E-state index is 13.2. The van der Waals surface area contributed by atoms with Gasteiger partial charge in [-0.05, 0) is 67.2 Å². The molecule has 4 aromatic rings. The summed E-state index contributed by atoms with van der Waals surface area (Å²) in [6.07, 6.45) is 6.03. The number of anilines is 2. The number of oxazole rings is 1. The maximum Gasteiger partial charge on any atom is 0.254 e. The lowest BCUT2D eigenvalue weighted by atomic mass is 10.0. The average molecular weight is 598 g/mol. The molecule has 3 aliphatic rings. The van der Waals surface area contributed by atoms with Crippen LogP contribution in [-0.2, 0) is 11.2 Å². The number of likely N-dealkylation sites (tertiary alicyclic amines) is 1. The van der Waals surface area contributed by atoms with Crippen LogP contribution in [-0.4, -0.2) is 76.5 Å². The molecule has 0 radical (unpaired) electrons. The molecule has 2 aromatic carbocycles. The van der Waals surface area contributed by atoms with Crippen molar-refractivity contribution in [3.63, 3.8) is 0 Å². The summed E-state index contributed by atoms with van der Waals surface area (Å²) >= 11 is 0. The first-order valence-corrected chi connectivity index (χ1v) is 15.0. The van der Waals surface area contributed by atoms with Crippen molar-refractivity contribution < 1.29 is 28.5 Å². The van der Waals surface area contributed by atoms with E-state index in [1.807, 2.05) is 25.1 Å². The molecule has 1 saturated heterocycles. The third-order valence-electron chi connectivity index (χ3n) is 8.63. The van der Waals surface area contributed by atoms with E-state index in [-0.39, 0.29) is 18.6 Å². The normalized spacial score (nSPS) is 19.8. The zero-order valence-corrected chi connectivity index (χ0v) is 25.0. The molecule has 11 nitrogen and oxygen atoms in total. The lowest BCUT2D eigenvalue weighted by Crippen LogP contribution is -2.30. The minimum absolute atomic E-state index is 0.102. The Bertz CT molecular complexity index is 1760. The Kier molecular flexibility index (Phi) is 7.43. The molecule has 3 heterocycles. The van der Waals surface area contributed by atoms with Crippen molar-refractivity contribution in [2.45, 2.75) is 57.3 Å². The van der Waals surface area contributed by atoms with Crippen LogP contribution in [0.2, 0.25) is 0 Å². The highest BCUT2D eigenvalue weighted by Crippen LogP contribution is 2.41. The van der Waals surface area contributed by atoms with Crippen molar-refractivity contribution in [3.05, 3.63) is 70.7 Å². The topological polar surface area (TPSA) is 132 Å². The summed E-state index contributed by atoms with van der Waals surface area (Å²) in [6, 6.07) is 11.2. The van der Waals surface area contributed by atoms with Crippen molar-refractivity contribution in [2.75, 3.05) is 32.6 Å². The van der Waals surface area contributed by atoms with Gasteiger partial charge in [0.05, 0.1) is 30.2 Å². The van der Waals surface area contributed by atoms with Crippen molar-refractivity contribution >= 4 is 34.2 Å². The number of aromatic nitrogens is 3. The molecule has 2 atom stereocenters. The summed E-state index contributed by atoms with van der Waals surface area (Å²) in [7, 11) is 3.09. The average Bonchev–Trinajstić information content (AvgIpc) is 3.83. The predicted molar refractivity (Wildman–Crippen MR) is 163 cm³/mol. The van der Waals surface area contributed by atoms with Gasteiger partial charge < -0.3 is 34.0 Å². The highest BCUT2D eigenvalue weighted by atomic mass is 16.5. The molecule has 2 aliphatic carbocycles. The van der Waals surface area contributed by atoms with Gasteiger partial charge in [0.2, 0.25) is 11.8 Å². The van der Waals surface area contributed by atoms with Gasteiger partial charge >= 0.3 is 0 Å². The molecule has 2 aromatic heterocycles. The number of aliphatic hydroxyl groups is 1. The third-order valence-corrected chi connectivity index (χ3v) is 8.63. The van der Waals surface area contributed by atoms with E-state index in [0.717, 1.165) is 59.2 Å². The fraction of sp³-hybridized carbons (Fsp3) is 0.394. The first kappa shape index (κ1) is 28.3. The molecule has 2 fully saturated rings. The van der Waals surface area contributed by atoms with Gasteiger partial charge in [-0.1, -0.05) is 12.1 Å². The highest BCUT2D eigenvalue weighted by Gasteiger charge is 2.35. The number of aliphatic hydroxyl groups excluding tert-OH is 1. The van der Waals surface area contributed by atoms with Crippen LogP contribution in [0.15, 0.2) is 46.9 Å². The molecular formula is C33H35N5O6. The second kappa shape index (κ2) is 11.5. The molecule has 1 amide bonds.